The molecule has 1 saturated heterocycles. The van der Waals surface area contributed by atoms with Crippen molar-refractivity contribution < 1.29 is 0 Å². The van der Waals surface area contributed by atoms with Crippen LogP contribution in [-0.2, 0) is 6.54 Å². The predicted molar refractivity (Wildman–Crippen MR) is 87.6 cm³/mol. The van der Waals surface area contributed by atoms with Crippen LogP contribution in [0.3, 0.4) is 0 Å². The van der Waals surface area contributed by atoms with E-state index in [0.717, 1.165) is 24.1 Å². The van der Waals surface area contributed by atoms with Gasteiger partial charge in [-0.3, -0.25) is 4.90 Å². The summed E-state index contributed by atoms with van der Waals surface area (Å²) in [5.41, 5.74) is 8.57. The number of piperidine rings is 1. The van der Waals surface area contributed by atoms with E-state index >= 15 is 0 Å². The Labute approximate surface area is 128 Å². The number of nitrogens with one attached hydrogen (secondary N) is 1. The van der Waals surface area contributed by atoms with Crippen LogP contribution in [0.15, 0.2) is 28.9 Å². The van der Waals surface area contributed by atoms with Gasteiger partial charge in [0.2, 0.25) is 0 Å². The Balaban J connectivity index is 1.86. The maximum atomic E-state index is 5.99. The second-order valence-corrected chi connectivity index (χ2v) is 6.81. The normalized spacial score (nSPS) is 24.4. The molecule has 0 spiro atoms. The van der Waals surface area contributed by atoms with Crippen molar-refractivity contribution in [2.24, 2.45) is 11.7 Å². The number of nitrogens with two attached hydrogens (primary N) is 1. The van der Waals surface area contributed by atoms with Gasteiger partial charge in [-0.05, 0) is 49.1 Å². The van der Waals surface area contributed by atoms with Gasteiger partial charge in [-0.2, -0.15) is 0 Å². The summed E-state index contributed by atoms with van der Waals surface area (Å²) >= 11 is 3.56. The largest absolute Gasteiger partial charge is 0.361 e. The Morgan fingerprint density at radius 3 is 3.10 bits per heavy atom. The molecule has 0 bridgehead atoms. The molecule has 1 aromatic heterocycles. The number of benzene rings is 1. The van der Waals surface area contributed by atoms with Crippen LogP contribution in [0.5, 0.6) is 0 Å². The molecule has 4 heteroatoms. The molecule has 3 nitrogen and oxygen atoms in total. The van der Waals surface area contributed by atoms with Crippen molar-refractivity contribution in [3.8, 4) is 0 Å². The fraction of sp³-hybridized carbons (Fsp3) is 0.500. The zero-order valence-corrected chi connectivity index (χ0v) is 13.5. The molecule has 1 aliphatic rings. The molecule has 108 valence electrons. The zero-order valence-electron chi connectivity index (χ0n) is 11.9. The van der Waals surface area contributed by atoms with E-state index in [2.05, 4.69) is 57.1 Å². The summed E-state index contributed by atoms with van der Waals surface area (Å²) < 4.78 is 1.13. The van der Waals surface area contributed by atoms with E-state index < -0.39 is 0 Å². The van der Waals surface area contributed by atoms with E-state index in [4.69, 9.17) is 5.73 Å². The second kappa shape index (κ2) is 5.88. The fourth-order valence-corrected chi connectivity index (χ4v) is 3.77. The van der Waals surface area contributed by atoms with Crippen LogP contribution in [0.2, 0.25) is 0 Å². The van der Waals surface area contributed by atoms with E-state index in [1.165, 1.54) is 29.3 Å². The Kier molecular flexibility index (Phi) is 4.15. The molecule has 0 saturated carbocycles. The van der Waals surface area contributed by atoms with Gasteiger partial charge in [0.25, 0.3) is 0 Å². The third-order valence-corrected chi connectivity index (χ3v) is 5.07. The SMILES string of the molecule is CC1CCCN(Cc2c[nH]c3ccc(Br)cc23)C1CN. The zero-order chi connectivity index (χ0) is 14.1. The maximum absolute atomic E-state index is 5.99. The number of rotatable bonds is 3. The lowest BCUT2D eigenvalue weighted by Gasteiger charge is -2.39. The van der Waals surface area contributed by atoms with Crippen molar-refractivity contribution in [1.29, 1.82) is 0 Å². The molecule has 0 radical (unpaired) electrons. The molecule has 3 rings (SSSR count). The van der Waals surface area contributed by atoms with Crippen LogP contribution in [-0.4, -0.2) is 29.0 Å². The Bertz CT molecular complexity index is 592. The number of hydrogen-bond donors (Lipinski definition) is 2. The van der Waals surface area contributed by atoms with Crippen LogP contribution in [0.25, 0.3) is 10.9 Å². The third-order valence-electron chi connectivity index (χ3n) is 4.58. The minimum Gasteiger partial charge on any atom is -0.361 e. The lowest BCUT2D eigenvalue weighted by atomic mass is 9.90. The van der Waals surface area contributed by atoms with Crippen molar-refractivity contribution in [3.05, 3.63) is 34.4 Å². The molecular formula is C16H22BrN3. The van der Waals surface area contributed by atoms with E-state index in [1.807, 2.05) is 0 Å². The Morgan fingerprint density at radius 2 is 2.30 bits per heavy atom. The van der Waals surface area contributed by atoms with E-state index in [1.54, 1.807) is 0 Å². The number of nitrogens with zero attached hydrogens (tertiary/aromatic N) is 1. The van der Waals surface area contributed by atoms with Gasteiger partial charge in [-0.1, -0.05) is 22.9 Å². The van der Waals surface area contributed by atoms with Crippen LogP contribution in [0.4, 0.5) is 0 Å². The number of hydrogen-bond acceptors (Lipinski definition) is 2. The first-order chi connectivity index (χ1) is 9.69. The summed E-state index contributed by atoms with van der Waals surface area (Å²) in [7, 11) is 0. The van der Waals surface area contributed by atoms with Crippen molar-refractivity contribution in [2.75, 3.05) is 13.1 Å². The lowest BCUT2D eigenvalue weighted by molar-refractivity contribution is 0.0995. The summed E-state index contributed by atoms with van der Waals surface area (Å²) in [5.74, 6) is 0.700. The number of likely N-dealkylation sites (tertiary alicyclic amines) is 1. The number of halogens is 1. The quantitative estimate of drug-likeness (QED) is 0.901. The minimum atomic E-state index is 0.515. The average Bonchev–Trinajstić information content (AvgIpc) is 2.82. The molecule has 0 aliphatic carbocycles. The van der Waals surface area contributed by atoms with Crippen LogP contribution < -0.4 is 5.73 Å². The smallest absolute Gasteiger partial charge is 0.0458 e. The third kappa shape index (κ3) is 2.65. The summed E-state index contributed by atoms with van der Waals surface area (Å²) in [5, 5.41) is 1.31. The highest BCUT2D eigenvalue weighted by Gasteiger charge is 2.27. The lowest BCUT2D eigenvalue weighted by Crippen LogP contribution is -2.47. The molecule has 3 N–H and O–H groups in total. The highest BCUT2D eigenvalue weighted by atomic mass is 79.9. The monoisotopic (exact) mass is 335 g/mol. The Hall–Kier alpha value is -0.840. The number of H-pyrrole nitrogens is 1. The predicted octanol–water partition coefficient (Wildman–Crippen LogP) is 3.49. The van der Waals surface area contributed by atoms with E-state index in [9.17, 15) is 0 Å². The summed E-state index contributed by atoms with van der Waals surface area (Å²) in [4.78, 5) is 5.92. The summed E-state index contributed by atoms with van der Waals surface area (Å²) in [6, 6.07) is 6.92. The highest BCUT2D eigenvalue weighted by Crippen LogP contribution is 2.28. The first-order valence-electron chi connectivity index (χ1n) is 7.38. The topological polar surface area (TPSA) is 45.0 Å². The van der Waals surface area contributed by atoms with Crippen LogP contribution >= 0.6 is 15.9 Å². The van der Waals surface area contributed by atoms with Crippen molar-refractivity contribution in [1.82, 2.24) is 9.88 Å². The van der Waals surface area contributed by atoms with Gasteiger partial charge in [0, 0.05) is 40.7 Å². The number of fused-ring (bicyclic) bond motifs is 1. The standard InChI is InChI=1S/C16H22BrN3/c1-11-3-2-6-20(16(11)8-18)10-12-9-19-15-5-4-13(17)7-14(12)15/h4-5,7,9,11,16,19H,2-3,6,8,10,18H2,1H3. The molecule has 20 heavy (non-hydrogen) atoms. The highest BCUT2D eigenvalue weighted by molar-refractivity contribution is 9.10. The van der Waals surface area contributed by atoms with Gasteiger partial charge < -0.3 is 10.7 Å². The van der Waals surface area contributed by atoms with Crippen LogP contribution in [0, 0.1) is 5.92 Å². The number of aromatic amines is 1. The van der Waals surface area contributed by atoms with Gasteiger partial charge in [-0.25, -0.2) is 0 Å². The molecule has 0 amide bonds. The fourth-order valence-electron chi connectivity index (χ4n) is 3.41. The molecule has 1 fully saturated rings. The summed E-state index contributed by atoms with van der Waals surface area (Å²) in [6.07, 6.45) is 4.73. The molecule has 2 atom stereocenters. The second-order valence-electron chi connectivity index (χ2n) is 5.90. The maximum Gasteiger partial charge on any atom is 0.0458 e. The van der Waals surface area contributed by atoms with Gasteiger partial charge >= 0.3 is 0 Å². The molecular weight excluding hydrogens is 314 g/mol. The molecule has 1 aliphatic heterocycles. The average molecular weight is 336 g/mol. The van der Waals surface area contributed by atoms with E-state index in [-0.39, 0.29) is 0 Å². The first-order valence-corrected chi connectivity index (χ1v) is 8.18. The Morgan fingerprint density at radius 1 is 1.45 bits per heavy atom. The minimum absolute atomic E-state index is 0.515. The molecule has 2 aromatic rings. The molecule has 2 heterocycles. The van der Waals surface area contributed by atoms with Gasteiger partial charge in [-0.15, -0.1) is 0 Å². The molecule has 1 aromatic carbocycles. The van der Waals surface area contributed by atoms with Crippen molar-refractivity contribution in [3.63, 3.8) is 0 Å². The van der Waals surface area contributed by atoms with Crippen molar-refractivity contribution >= 4 is 26.8 Å². The molecule has 2 unspecified atom stereocenters. The summed E-state index contributed by atoms with van der Waals surface area (Å²) in [6.45, 7) is 5.23. The van der Waals surface area contributed by atoms with Crippen LogP contribution in [0.1, 0.15) is 25.3 Å². The van der Waals surface area contributed by atoms with Gasteiger partial charge in [0.15, 0.2) is 0 Å². The van der Waals surface area contributed by atoms with Gasteiger partial charge in [0.1, 0.15) is 0 Å². The van der Waals surface area contributed by atoms with Crippen molar-refractivity contribution in [2.45, 2.75) is 32.4 Å². The van der Waals surface area contributed by atoms with E-state index in [0.29, 0.717) is 12.0 Å². The first kappa shape index (κ1) is 14.1. The number of aromatic nitrogens is 1. The van der Waals surface area contributed by atoms with Gasteiger partial charge in [0.05, 0.1) is 0 Å².